The number of ether oxygens (including phenoxy) is 1. The van der Waals surface area contributed by atoms with Crippen molar-refractivity contribution in [3.8, 4) is 0 Å². The first-order valence-electron chi connectivity index (χ1n) is 6.21. The number of hydrogen-bond donors (Lipinski definition) is 2. The molecule has 0 aromatic heterocycles. The van der Waals surface area contributed by atoms with Crippen LogP contribution in [-0.4, -0.2) is 30.7 Å². The third kappa shape index (κ3) is 3.76. The van der Waals surface area contributed by atoms with Crippen molar-refractivity contribution in [3.05, 3.63) is 0 Å². The normalized spacial score (nSPS) is 28.0. The van der Waals surface area contributed by atoms with Gasteiger partial charge in [0.1, 0.15) is 0 Å². The first-order valence-corrected chi connectivity index (χ1v) is 6.21. The molecule has 1 rings (SSSR count). The number of carbonyl (C=O) groups excluding carboxylic acids is 1. The average molecular weight is 228 g/mol. The molecule has 1 aliphatic rings. The molecular weight excluding hydrogens is 204 g/mol. The number of amides is 1. The van der Waals surface area contributed by atoms with Crippen molar-refractivity contribution in [2.45, 2.75) is 58.2 Å². The van der Waals surface area contributed by atoms with E-state index in [-0.39, 0.29) is 17.9 Å². The zero-order valence-corrected chi connectivity index (χ0v) is 10.5. The number of hydrogen-bond acceptors (Lipinski definition) is 3. The summed E-state index contributed by atoms with van der Waals surface area (Å²) in [5.74, 6) is -0.0186. The van der Waals surface area contributed by atoms with Crippen molar-refractivity contribution < 1.29 is 9.53 Å². The van der Waals surface area contributed by atoms with Gasteiger partial charge in [0.05, 0.1) is 12.1 Å². The molecule has 1 aliphatic heterocycles. The van der Waals surface area contributed by atoms with Gasteiger partial charge in [0, 0.05) is 12.6 Å². The fourth-order valence-corrected chi connectivity index (χ4v) is 2.17. The van der Waals surface area contributed by atoms with Crippen molar-refractivity contribution >= 4 is 5.91 Å². The van der Waals surface area contributed by atoms with Gasteiger partial charge in [-0.1, -0.05) is 20.8 Å². The van der Waals surface area contributed by atoms with E-state index in [4.69, 9.17) is 10.5 Å². The van der Waals surface area contributed by atoms with Gasteiger partial charge in [-0.2, -0.15) is 0 Å². The van der Waals surface area contributed by atoms with E-state index in [1.807, 2.05) is 13.8 Å². The van der Waals surface area contributed by atoms with Gasteiger partial charge in [-0.3, -0.25) is 4.79 Å². The Morgan fingerprint density at radius 3 is 2.75 bits per heavy atom. The molecule has 4 nitrogen and oxygen atoms in total. The van der Waals surface area contributed by atoms with Crippen LogP contribution in [0.3, 0.4) is 0 Å². The molecule has 0 aliphatic carbocycles. The highest BCUT2D eigenvalue weighted by molar-refractivity contribution is 5.80. The van der Waals surface area contributed by atoms with Crippen LogP contribution < -0.4 is 11.1 Å². The van der Waals surface area contributed by atoms with E-state index >= 15 is 0 Å². The zero-order chi connectivity index (χ0) is 12.1. The van der Waals surface area contributed by atoms with Gasteiger partial charge in [-0.15, -0.1) is 0 Å². The highest BCUT2D eigenvalue weighted by atomic mass is 16.5. The Labute approximate surface area is 97.9 Å². The standard InChI is InChI=1S/C12H24N2O2/c1-4-10-7-9(5-6-16-10)14-11(8(2)3)12(13)15/h8-11,14H,4-7H2,1-3H3,(H2,13,15). The van der Waals surface area contributed by atoms with Crippen LogP contribution in [0.25, 0.3) is 0 Å². The van der Waals surface area contributed by atoms with Crippen LogP contribution in [0.1, 0.15) is 40.0 Å². The summed E-state index contributed by atoms with van der Waals surface area (Å²) in [6.45, 7) is 6.93. The monoisotopic (exact) mass is 228 g/mol. The second-order valence-electron chi connectivity index (χ2n) is 4.91. The summed E-state index contributed by atoms with van der Waals surface area (Å²) in [5, 5.41) is 3.36. The molecule has 3 atom stereocenters. The SMILES string of the molecule is CCC1CC(NC(C(N)=O)C(C)C)CCO1. The summed E-state index contributed by atoms with van der Waals surface area (Å²) in [6, 6.07) is 0.138. The molecule has 0 saturated carbocycles. The number of rotatable bonds is 5. The zero-order valence-electron chi connectivity index (χ0n) is 10.5. The molecule has 0 aromatic carbocycles. The second kappa shape index (κ2) is 6.21. The van der Waals surface area contributed by atoms with Crippen molar-refractivity contribution in [2.24, 2.45) is 11.7 Å². The van der Waals surface area contributed by atoms with Crippen molar-refractivity contribution in [3.63, 3.8) is 0 Å². The molecule has 0 bridgehead atoms. The first-order chi connectivity index (χ1) is 7.54. The molecule has 0 spiro atoms. The molecule has 4 heteroatoms. The molecular formula is C12H24N2O2. The van der Waals surface area contributed by atoms with E-state index in [0.29, 0.717) is 12.1 Å². The summed E-state index contributed by atoms with van der Waals surface area (Å²) in [7, 11) is 0. The largest absolute Gasteiger partial charge is 0.378 e. The summed E-state index contributed by atoms with van der Waals surface area (Å²) >= 11 is 0. The minimum absolute atomic E-state index is 0.222. The summed E-state index contributed by atoms with van der Waals surface area (Å²) < 4.78 is 5.60. The summed E-state index contributed by atoms with van der Waals surface area (Å²) in [4.78, 5) is 11.3. The van der Waals surface area contributed by atoms with Crippen LogP contribution in [-0.2, 0) is 9.53 Å². The quantitative estimate of drug-likeness (QED) is 0.739. The minimum Gasteiger partial charge on any atom is -0.378 e. The Morgan fingerprint density at radius 1 is 1.56 bits per heavy atom. The molecule has 1 saturated heterocycles. The summed E-state index contributed by atoms with van der Waals surface area (Å²) in [6.07, 6.45) is 3.30. The molecule has 3 N–H and O–H groups in total. The first kappa shape index (κ1) is 13.5. The molecule has 16 heavy (non-hydrogen) atoms. The van der Waals surface area contributed by atoms with Crippen LogP contribution in [0.5, 0.6) is 0 Å². The third-order valence-electron chi connectivity index (χ3n) is 3.21. The molecule has 94 valence electrons. The Balaban J connectivity index is 2.48. The predicted molar refractivity (Wildman–Crippen MR) is 64.0 cm³/mol. The lowest BCUT2D eigenvalue weighted by Gasteiger charge is -2.33. The lowest BCUT2D eigenvalue weighted by atomic mass is 9.97. The number of primary amides is 1. The van der Waals surface area contributed by atoms with E-state index in [2.05, 4.69) is 12.2 Å². The van der Waals surface area contributed by atoms with Gasteiger partial charge < -0.3 is 15.8 Å². The van der Waals surface area contributed by atoms with Gasteiger partial charge >= 0.3 is 0 Å². The fourth-order valence-electron chi connectivity index (χ4n) is 2.17. The van der Waals surface area contributed by atoms with Crippen LogP contribution in [0.15, 0.2) is 0 Å². The Morgan fingerprint density at radius 2 is 2.25 bits per heavy atom. The van der Waals surface area contributed by atoms with Crippen LogP contribution in [0.2, 0.25) is 0 Å². The smallest absolute Gasteiger partial charge is 0.234 e. The highest BCUT2D eigenvalue weighted by Gasteiger charge is 2.27. The number of carbonyl (C=O) groups is 1. The Kier molecular flexibility index (Phi) is 5.22. The number of nitrogens with one attached hydrogen (secondary N) is 1. The maximum Gasteiger partial charge on any atom is 0.234 e. The molecule has 1 heterocycles. The van der Waals surface area contributed by atoms with Gasteiger partial charge in [0.2, 0.25) is 5.91 Å². The second-order valence-corrected chi connectivity index (χ2v) is 4.91. The lowest BCUT2D eigenvalue weighted by Crippen LogP contribution is -2.51. The van der Waals surface area contributed by atoms with Crippen molar-refractivity contribution in [2.75, 3.05) is 6.61 Å². The third-order valence-corrected chi connectivity index (χ3v) is 3.21. The fraction of sp³-hybridized carbons (Fsp3) is 0.917. The molecule has 1 amide bonds. The predicted octanol–water partition coefficient (Wildman–Crippen LogP) is 1.04. The van der Waals surface area contributed by atoms with E-state index < -0.39 is 0 Å². The summed E-state index contributed by atoms with van der Waals surface area (Å²) in [5.41, 5.74) is 5.39. The maximum atomic E-state index is 11.3. The van der Waals surface area contributed by atoms with Gasteiger partial charge in [-0.05, 0) is 25.2 Å². The topological polar surface area (TPSA) is 64.3 Å². The van der Waals surface area contributed by atoms with E-state index in [0.717, 1.165) is 25.9 Å². The van der Waals surface area contributed by atoms with Crippen LogP contribution in [0, 0.1) is 5.92 Å². The van der Waals surface area contributed by atoms with E-state index in [9.17, 15) is 4.79 Å². The average Bonchev–Trinajstić information content (AvgIpc) is 2.25. The van der Waals surface area contributed by atoms with Gasteiger partial charge in [-0.25, -0.2) is 0 Å². The van der Waals surface area contributed by atoms with Crippen molar-refractivity contribution in [1.82, 2.24) is 5.32 Å². The lowest BCUT2D eigenvalue weighted by molar-refractivity contribution is -0.121. The van der Waals surface area contributed by atoms with E-state index in [1.165, 1.54) is 0 Å². The Bertz CT molecular complexity index is 231. The highest BCUT2D eigenvalue weighted by Crippen LogP contribution is 2.17. The van der Waals surface area contributed by atoms with Crippen molar-refractivity contribution in [1.29, 1.82) is 0 Å². The van der Waals surface area contributed by atoms with Crippen LogP contribution in [0.4, 0.5) is 0 Å². The van der Waals surface area contributed by atoms with Gasteiger partial charge in [0.15, 0.2) is 0 Å². The molecule has 0 aromatic rings. The van der Waals surface area contributed by atoms with Gasteiger partial charge in [0.25, 0.3) is 0 Å². The Hall–Kier alpha value is -0.610. The maximum absolute atomic E-state index is 11.3. The molecule has 1 fully saturated rings. The minimum atomic E-state index is -0.255. The number of nitrogens with two attached hydrogens (primary N) is 1. The molecule has 3 unspecified atom stereocenters. The van der Waals surface area contributed by atoms with Crippen LogP contribution >= 0.6 is 0 Å². The molecule has 0 radical (unpaired) electrons. The van der Waals surface area contributed by atoms with E-state index in [1.54, 1.807) is 0 Å².